The lowest BCUT2D eigenvalue weighted by Crippen LogP contribution is -2.51. The number of halogens is 1. The molecule has 1 rings (SSSR count). The molecule has 6 nitrogen and oxygen atoms in total. The molecule has 110 valence electrons. The van der Waals surface area contributed by atoms with E-state index in [1.807, 2.05) is 0 Å². The number of carbonyl (C=O) groups excluding carboxylic acids is 1. The minimum atomic E-state index is -1.75. The highest BCUT2D eigenvalue weighted by atomic mass is 19.1. The van der Waals surface area contributed by atoms with Crippen LogP contribution in [0.3, 0.4) is 0 Å². The van der Waals surface area contributed by atoms with Crippen LogP contribution >= 0.6 is 0 Å². The third-order valence-electron chi connectivity index (χ3n) is 3.03. The van der Waals surface area contributed by atoms with Crippen LogP contribution < -0.4 is 5.32 Å². The molecule has 2 atom stereocenters. The highest BCUT2D eigenvalue weighted by Gasteiger charge is 2.45. The number of alkyl halides is 1. The van der Waals surface area contributed by atoms with Crippen LogP contribution in [0.15, 0.2) is 0 Å². The van der Waals surface area contributed by atoms with Crippen LogP contribution in [0.4, 0.5) is 14.0 Å². The van der Waals surface area contributed by atoms with Gasteiger partial charge in [-0.25, -0.2) is 14.0 Å². The molecule has 2 N–H and O–H groups in total. The molecule has 0 aromatic heterocycles. The normalized spacial score (nSPS) is 25.0. The zero-order valence-corrected chi connectivity index (χ0v) is 11.7. The van der Waals surface area contributed by atoms with Crippen molar-refractivity contribution in [3.63, 3.8) is 0 Å². The summed E-state index contributed by atoms with van der Waals surface area (Å²) in [7, 11) is 0. The number of rotatable bonds is 2. The maximum absolute atomic E-state index is 14.5. The van der Waals surface area contributed by atoms with Gasteiger partial charge in [0, 0.05) is 13.0 Å². The highest BCUT2D eigenvalue weighted by molar-refractivity contribution is 5.68. The maximum Gasteiger partial charge on any atom is 0.407 e. The van der Waals surface area contributed by atoms with Crippen LogP contribution in [0.5, 0.6) is 0 Å². The van der Waals surface area contributed by atoms with Crippen LogP contribution in [0.2, 0.25) is 0 Å². The first-order valence-electron chi connectivity index (χ1n) is 6.20. The van der Waals surface area contributed by atoms with Gasteiger partial charge in [-0.3, -0.25) is 0 Å². The van der Waals surface area contributed by atoms with E-state index in [2.05, 4.69) is 5.32 Å². The number of likely N-dealkylation sites (tertiary alicyclic amines) is 1. The molecule has 0 bridgehead atoms. The van der Waals surface area contributed by atoms with Gasteiger partial charge in [-0.15, -0.1) is 0 Å². The molecule has 7 heteroatoms. The molecule has 1 heterocycles. The van der Waals surface area contributed by atoms with Gasteiger partial charge in [0.2, 0.25) is 0 Å². The van der Waals surface area contributed by atoms with Gasteiger partial charge in [0.15, 0.2) is 0 Å². The summed E-state index contributed by atoms with van der Waals surface area (Å²) in [5, 5.41) is 11.2. The predicted octanol–water partition coefficient (Wildman–Crippen LogP) is 1.99. The van der Waals surface area contributed by atoms with Gasteiger partial charge in [-0.1, -0.05) is 0 Å². The molecule has 0 spiro atoms. The van der Waals surface area contributed by atoms with E-state index in [0.717, 1.165) is 4.90 Å². The Morgan fingerprint density at radius 1 is 1.47 bits per heavy atom. The molecule has 1 saturated heterocycles. The summed E-state index contributed by atoms with van der Waals surface area (Å²) in [6, 6.07) is -0.813. The Morgan fingerprint density at radius 3 is 2.47 bits per heavy atom. The van der Waals surface area contributed by atoms with Crippen molar-refractivity contribution in [1.82, 2.24) is 10.2 Å². The molecule has 2 unspecified atom stereocenters. The highest BCUT2D eigenvalue weighted by Crippen LogP contribution is 2.29. The van der Waals surface area contributed by atoms with Crippen molar-refractivity contribution in [2.45, 2.75) is 51.4 Å². The fourth-order valence-corrected chi connectivity index (χ4v) is 1.93. The number of hydrogen-bond donors (Lipinski definition) is 2. The van der Waals surface area contributed by atoms with Crippen molar-refractivity contribution in [3.8, 4) is 0 Å². The Bertz CT molecular complexity index is 369. The van der Waals surface area contributed by atoms with Crippen LogP contribution in [0.25, 0.3) is 0 Å². The van der Waals surface area contributed by atoms with Crippen LogP contribution in [-0.4, -0.2) is 52.6 Å². The molecule has 19 heavy (non-hydrogen) atoms. The second kappa shape index (κ2) is 5.22. The molecule has 1 aliphatic rings. The van der Waals surface area contributed by atoms with E-state index in [1.54, 1.807) is 20.8 Å². The summed E-state index contributed by atoms with van der Waals surface area (Å²) in [4.78, 5) is 23.3. The topological polar surface area (TPSA) is 78.9 Å². The number of carboxylic acid groups (broad SMARTS) is 1. The molecule has 1 fully saturated rings. The number of carbonyl (C=O) groups is 2. The van der Waals surface area contributed by atoms with Crippen LogP contribution in [-0.2, 0) is 4.74 Å². The van der Waals surface area contributed by atoms with Gasteiger partial charge in [0.25, 0.3) is 0 Å². The molecular formula is C12H21FN2O4. The van der Waals surface area contributed by atoms with Gasteiger partial charge in [-0.05, 0) is 27.7 Å². The van der Waals surface area contributed by atoms with Crippen molar-refractivity contribution < 1.29 is 23.8 Å². The second-order valence-corrected chi connectivity index (χ2v) is 5.86. The van der Waals surface area contributed by atoms with E-state index in [4.69, 9.17) is 9.84 Å². The fraction of sp³-hybridized carbons (Fsp3) is 0.833. The lowest BCUT2D eigenvalue weighted by atomic mass is 9.97. The van der Waals surface area contributed by atoms with Gasteiger partial charge in [-0.2, -0.15) is 0 Å². The first-order valence-corrected chi connectivity index (χ1v) is 6.20. The smallest absolute Gasteiger partial charge is 0.407 e. The van der Waals surface area contributed by atoms with E-state index >= 15 is 0 Å². The summed E-state index contributed by atoms with van der Waals surface area (Å²) >= 11 is 0. The quantitative estimate of drug-likeness (QED) is 0.808. The number of hydrogen-bond acceptors (Lipinski definition) is 3. The van der Waals surface area contributed by atoms with Crippen molar-refractivity contribution in [1.29, 1.82) is 0 Å². The van der Waals surface area contributed by atoms with Gasteiger partial charge in [0.1, 0.15) is 11.3 Å². The Balaban J connectivity index is 2.56. The molecule has 2 amide bonds. The largest absolute Gasteiger partial charge is 0.465 e. The summed E-state index contributed by atoms with van der Waals surface area (Å²) in [6.45, 7) is 6.54. The second-order valence-electron chi connectivity index (χ2n) is 5.86. The third-order valence-corrected chi connectivity index (χ3v) is 3.03. The van der Waals surface area contributed by atoms with E-state index < -0.39 is 29.5 Å². The minimum absolute atomic E-state index is 0.0657. The average molecular weight is 276 g/mol. The Labute approximate surface area is 111 Å². The van der Waals surface area contributed by atoms with Gasteiger partial charge < -0.3 is 20.1 Å². The Kier molecular flexibility index (Phi) is 4.27. The third kappa shape index (κ3) is 4.25. The van der Waals surface area contributed by atoms with Crippen molar-refractivity contribution >= 4 is 12.2 Å². The average Bonchev–Trinajstić information content (AvgIpc) is 2.59. The standard InChI is InChI=1S/C12H21FN2O4/c1-8(14-9(16)19-11(2,3)4)12(13)5-6-15(7-12)10(17)18/h8H,5-7H2,1-4H3,(H,14,16)(H,17,18). The van der Waals surface area contributed by atoms with Crippen molar-refractivity contribution in [2.75, 3.05) is 13.1 Å². The zero-order valence-electron chi connectivity index (χ0n) is 11.7. The molecular weight excluding hydrogens is 255 g/mol. The monoisotopic (exact) mass is 276 g/mol. The van der Waals surface area contributed by atoms with Crippen molar-refractivity contribution in [3.05, 3.63) is 0 Å². The molecule has 1 aliphatic heterocycles. The molecule has 0 aliphatic carbocycles. The van der Waals surface area contributed by atoms with Gasteiger partial charge in [0.05, 0.1) is 12.6 Å². The lowest BCUT2D eigenvalue weighted by molar-refractivity contribution is 0.0409. The summed E-state index contributed by atoms with van der Waals surface area (Å²) < 4.78 is 19.6. The zero-order chi connectivity index (χ0) is 14.8. The number of nitrogens with one attached hydrogen (secondary N) is 1. The van der Waals surface area contributed by atoms with Crippen LogP contribution in [0.1, 0.15) is 34.1 Å². The minimum Gasteiger partial charge on any atom is -0.465 e. The molecule has 0 aromatic rings. The first-order chi connectivity index (χ1) is 8.53. The summed E-state index contributed by atoms with van der Waals surface area (Å²) in [6.07, 6.45) is -1.79. The van der Waals surface area contributed by atoms with Crippen molar-refractivity contribution in [2.24, 2.45) is 0 Å². The Morgan fingerprint density at radius 2 is 2.05 bits per heavy atom. The number of ether oxygens (including phenoxy) is 1. The predicted molar refractivity (Wildman–Crippen MR) is 66.9 cm³/mol. The number of nitrogens with zero attached hydrogens (tertiary/aromatic N) is 1. The summed E-state index contributed by atoms with van der Waals surface area (Å²) in [5.74, 6) is 0. The molecule has 0 saturated carbocycles. The van der Waals surface area contributed by atoms with Crippen LogP contribution in [0, 0.1) is 0 Å². The summed E-state index contributed by atoms with van der Waals surface area (Å²) in [5.41, 5.74) is -2.41. The fourth-order valence-electron chi connectivity index (χ4n) is 1.93. The van der Waals surface area contributed by atoms with E-state index in [0.29, 0.717) is 0 Å². The first kappa shape index (κ1) is 15.5. The van der Waals surface area contributed by atoms with E-state index in [9.17, 15) is 14.0 Å². The maximum atomic E-state index is 14.5. The van der Waals surface area contributed by atoms with Gasteiger partial charge >= 0.3 is 12.2 Å². The molecule has 0 radical (unpaired) electrons. The molecule has 0 aromatic carbocycles. The Hall–Kier alpha value is -1.53. The van der Waals surface area contributed by atoms with E-state index in [-0.39, 0.29) is 19.5 Å². The number of alkyl carbamates (subject to hydrolysis) is 1. The number of amides is 2. The lowest BCUT2D eigenvalue weighted by Gasteiger charge is -2.29. The van der Waals surface area contributed by atoms with E-state index in [1.165, 1.54) is 6.92 Å². The SMILES string of the molecule is CC(NC(=O)OC(C)(C)C)C1(F)CCN(C(=O)O)C1.